The molecule has 0 aliphatic heterocycles. The molecule has 9 aromatic carbocycles. The van der Waals surface area contributed by atoms with Gasteiger partial charge in [-0.1, -0.05) is 146 Å². The summed E-state index contributed by atoms with van der Waals surface area (Å²) in [5.41, 5.74) is 8.69. The maximum Gasteiger partial charge on any atom is 0.164 e. The third kappa shape index (κ3) is 5.32. The van der Waals surface area contributed by atoms with E-state index in [1.165, 1.54) is 52.8 Å². The van der Waals surface area contributed by atoms with Crippen molar-refractivity contribution in [2.24, 2.45) is 0 Å². The predicted octanol–water partition coefficient (Wildman–Crippen LogP) is 14.3. The zero-order valence-corrected chi connectivity index (χ0v) is 32.0. The summed E-state index contributed by atoms with van der Waals surface area (Å²) >= 11 is 1.81. The Kier molecular flexibility index (Phi) is 7.37. The van der Waals surface area contributed by atoms with Crippen LogP contribution in [-0.2, 0) is 0 Å². The van der Waals surface area contributed by atoms with Crippen molar-refractivity contribution < 1.29 is 0 Å². The van der Waals surface area contributed by atoms with Gasteiger partial charge in [-0.05, 0) is 81.2 Å². The molecule has 0 atom stereocenters. The first-order valence-electron chi connectivity index (χ1n) is 19.5. The van der Waals surface area contributed by atoms with Crippen LogP contribution in [-0.4, -0.2) is 19.5 Å². The Morgan fingerprint density at radius 2 is 1.00 bits per heavy atom. The molecule has 0 aliphatic carbocycles. The maximum atomic E-state index is 5.26. The first-order valence-corrected chi connectivity index (χ1v) is 20.3. The standard InChI is InChI=1S/C53H32N4S/c1-2-12-33(13-3-1)36-18-10-19-39(28-36)51-54-52(40-25-24-34-14-4-5-15-35(34)29-40)56-53(55-51)44-21-11-23-48-50(44)43-27-26-41(32-49(43)58-48)57-46-22-9-8-20-42(46)45-30-37-16-6-7-17-38(37)31-47(45)57/h1-32H. The molecule has 12 aromatic rings. The van der Waals surface area contributed by atoms with Gasteiger partial charge in [-0.15, -0.1) is 11.3 Å². The summed E-state index contributed by atoms with van der Waals surface area (Å²) in [6.45, 7) is 0. The van der Waals surface area contributed by atoms with Gasteiger partial charge >= 0.3 is 0 Å². The van der Waals surface area contributed by atoms with E-state index in [1.807, 2.05) is 17.4 Å². The molecular formula is C53H32N4S. The summed E-state index contributed by atoms with van der Waals surface area (Å²) in [7, 11) is 0. The highest BCUT2D eigenvalue weighted by Crippen LogP contribution is 2.42. The van der Waals surface area contributed by atoms with Crippen molar-refractivity contribution in [2.75, 3.05) is 0 Å². The van der Waals surface area contributed by atoms with Crippen LogP contribution in [0.2, 0.25) is 0 Å². The Morgan fingerprint density at radius 3 is 1.84 bits per heavy atom. The second-order valence-electron chi connectivity index (χ2n) is 14.8. The van der Waals surface area contributed by atoms with Crippen molar-refractivity contribution in [1.82, 2.24) is 19.5 Å². The number of hydrogen-bond acceptors (Lipinski definition) is 4. The SMILES string of the molecule is c1ccc(-c2cccc(-c3nc(-c4ccc5ccccc5c4)nc(-c4cccc5sc6cc(-n7c8ccccc8c8cc9ccccc9cc87)ccc6c45)n3)c2)cc1. The van der Waals surface area contributed by atoms with Crippen molar-refractivity contribution in [1.29, 1.82) is 0 Å². The monoisotopic (exact) mass is 756 g/mol. The lowest BCUT2D eigenvalue weighted by molar-refractivity contribution is 1.08. The highest BCUT2D eigenvalue weighted by molar-refractivity contribution is 7.26. The van der Waals surface area contributed by atoms with Gasteiger partial charge in [0.2, 0.25) is 0 Å². The molecule has 0 spiro atoms. The van der Waals surface area contributed by atoms with Crippen LogP contribution in [0.1, 0.15) is 0 Å². The number of aromatic nitrogens is 4. The van der Waals surface area contributed by atoms with E-state index in [9.17, 15) is 0 Å². The van der Waals surface area contributed by atoms with E-state index >= 15 is 0 Å². The molecule has 4 nitrogen and oxygen atoms in total. The fourth-order valence-electron chi connectivity index (χ4n) is 8.62. The average Bonchev–Trinajstić information content (AvgIpc) is 3.83. The Morgan fingerprint density at radius 1 is 0.345 bits per heavy atom. The van der Waals surface area contributed by atoms with Crippen molar-refractivity contribution in [2.45, 2.75) is 0 Å². The van der Waals surface area contributed by atoms with E-state index in [4.69, 9.17) is 15.0 Å². The first-order chi connectivity index (χ1) is 28.7. The molecule has 5 heteroatoms. The average molecular weight is 757 g/mol. The summed E-state index contributed by atoms with van der Waals surface area (Å²) in [4.78, 5) is 15.7. The van der Waals surface area contributed by atoms with Crippen LogP contribution in [0.3, 0.4) is 0 Å². The Bertz CT molecular complexity index is 3580. The molecule has 0 saturated heterocycles. The van der Waals surface area contributed by atoms with Crippen LogP contribution in [0.25, 0.3) is 115 Å². The second-order valence-corrected chi connectivity index (χ2v) is 15.9. The van der Waals surface area contributed by atoms with Gasteiger partial charge in [-0.3, -0.25) is 0 Å². The normalized spacial score (nSPS) is 11.8. The molecule has 0 bridgehead atoms. The van der Waals surface area contributed by atoms with E-state index in [1.54, 1.807) is 0 Å². The van der Waals surface area contributed by atoms with E-state index < -0.39 is 0 Å². The highest BCUT2D eigenvalue weighted by Gasteiger charge is 2.19. The smallest absolute Gasteiger partial charge is 0.164 e. The number of benzene rings is 9. The van der Waals surface area contributed by atoms with Gasteiger partial charge in [0.15, 0.2) is 17.5 Å². The Hall–Kier alpha value is -7.47. The largest absolute Gasteiger partial charge is 0.309 e. The van der Waals surface area contributed by atoms with Gasteiger partial charge < -0.3 is 4.57 Å². The molecule has 270 valence electrons. The predicted molar refractivity (Wildman–Crippen MR) is 244 cm³/mol. The van der Waals surface area contributed by atoms with E-state index in [0.29, 0.717) is 17.5 Å². The minimum atomic E-state index is 0.642. The maximum absolute atomic E-state index is 5.26. The van der Waals surface area contributed by atoms with Crippen molar-refractivity contribution in [3.8, 4) is 51.0 Å². The number of fused-ring (bicyclic) bond motifs is 8. The lowest BCUT2D eigenvalue weighted by atomic mass is 10.0. The molecule has 12 rings (SSSR count). The molecule has 0 fully saturated rings. The summed E-state index contributed by atoms with van der Waals surface area (Å²) < 4.78 is 4.82. The molecule has 58 heavy (non-hydrogen) atoms. The van der Waals surface area contributed by atoms with Gasteiger partial charge in [-0.2, -0.15) is 0 Å². The summed E-state index contributed by atoms with van der Waals surface area (Å²) in [6, 6.07) is 69.2. The van der Waals surface area contributed by atoms with Gasteiger partial charge in [0, 0.05) is 53.3 Å². The molecular weight excluding hydrogens is 725 g/mol. The van der Waals surface area contributed by atoms with Crippen LogP contribution in [0, 0.1) is 0 Å². The van der Waals surface area contributed by atoms with Crippen LogP contribution in [0.5, 0.6) is 0 Å². The van der Waals surface area contributed by atoms with Crippen LogP contribution in [0.15, 0.2) is 194 Å². The lowest BCUT2D eigenvalue weighted by Gasteiger charge is -2.11. The molecule has 0 saturated carbocycles. The Labute approximate surface area is 338 Å². The van der Waals surface area contributed by atoms with Gasteiger partial charge in [0.05, 0.1) is 11.0 Å². The summed E-state index contributed by atoms with van der Waals surface area (Å²) in [5, 5.41) is 9.66. The van der Waals surface area contributed by atoms with Crippen molar-refractivity contribution in [3.05, 3.63) is 194 Å². The van der Waals surface area contributed by atoms with Gasteiger partial charge in [0.25, 0.3) is 0 Å². The van der Waals surface area contributed by atoms with Crippen molar-refractivity contribution >= 4 is 74.9 Å². The lowest BCUT2D eigenvalue weighted by Crippen LogP contribution is -2.00. The minimum Gasteiger partial charge on any atom is -0.309 e. The summed E-state index contributed by atoms with van der Waals surface area (Å²) in [6.07, 6.45) is 0. The van der Waals surface area contributed by atoms with E-state index in [0.717, 1.165) is 44.3 Å². The minimum absolute atomic E-state index is 0.642. The highest BCUT2D eigenvalue weighted by atomic mass is 32.1. The third-order valence-electron chi connectivity index (χ3n) is 11.4. The zero-order valence-electron chi connectivity index (χ0n) is 31.2. The molecule has 0 amide bonds. The molecule has 3 heterocycles. The quantitative estimate of drug-likeness (QED) is 0.176. The zero-order chi connectivity index (χ0) is 38.2. The van der Waals surface area contributed by atoms with Crippen molar-refractivity contribution in [3.63, 3.8) is 0 Å². The first kappa shape index (κ1) is 32.7. The fraction of sp³-hybridized carbons (Fsp3) is 0. The van der Waals surface area contributed by atoms with Crippen LogP contribution >= 0.6 is 11.3 Å². The molecule has 0 aliphatic rings. The topological polar surface area (TPSA) is 43.6 Å². The molecule has 0 N–H and O–H groups in total. The molecule has 3 aromatic heterocycles. The van der Waals surface area contributed by atoms with E-state index in [-0.39, 0.29) is 0 Å². The number of hydrogen-bond donors (Lipinski definition) is 0. The van der Waals surface area contributed by atoms with E-state index in [2.05, 4.69) is 193 Å². The third-order valence-corrected chi connectivity index (χ3v) is 12.5. The molecule has 0 unspecified atom stereocenters. The fourth-order valence-corrected chi connectivity index (χ4v) is 9.79. The summed E-state index contributed by atoms with van der Waals surface area (Å²) in [5.74, 6) is 1.94. The number of thiophene rings is 1. The number of nitrogens with zero attached hydrogens (tertiary/aromatic N) is 4. The second kappa shape index (κ2) is 13.1. The van der Waals surface area contributed by atoms with Gasteiger partial charge in [-0.25, -0.2) is 15.0 Å². The molecule has 0 radical (unpaired) electrons. The van der Waals surface area contributed by atoms with Gasteiger partial charge in [0.1, 0.15) is 0 Å². The Balaban J connectivity index is 1.05. The van der Waals surface area contributed by atoms with Crippen LogP contribution < -0.4 is 0 Å². The number of para-hydroxylation sites is 1. The number of rotatable bonds is 5. The van der Waals surface area contributed by atoms with Crippen LogP contribution in [0.4, 0.5) is 0 Å².